The number of aliphatic hydroxyl groups is 2. The van der Waals surface area contributed by atoms with Crippen molar-refractivity contribution in [3.63, 3.8) is 0 Å². The Hall–Kier alpha value is -3.55. The van der Waals surface area contributed by atoms with Gasteiger partial charge >= 0.3 is 0 Å². The molecule has 3 rings (SSSR count). The van der Waals surface area contributed by atoms with Crippen molar-refractivity contribution in [3.05, 3.63) is 45.4 Å². The molecule has 0 fully saturated rings. The summed E-state index contributed by atoms with van der Waals surface area (Å²) < 4.78 is 5.97. The van der Waals surface area contributed by atoms with Crippen LogP contribution in [-0.4, -0.2) is 43.4 Å². The van der Waals surface area contributed by atoms with Crippen LogP contribution in [0.4, 0.5) is 0 Å². The zero-order valence-electron chi connectivity index (χ0n) is 22.6. The van der Waals surface area contributed by atoms with Gasteiger partial charge in [-0.15, -0.1) is 0 Å². The Morgan fingerprint density at radius 3 is 2.11 bits per heavy atom. The van der Waals surface area contributed by atoms with Gasteiger partial charge < -0.3 is 25.2 Å². The van der Waals surface area contributed by atoms with Gasteiger partial charge in [0.25, 0.3) is 0 Å². The molecule has 200 valence electrons. The molecule has 2 aliphatic rings. The molecule has 0 bridgehead atoms. The van der Waals surface area contributed by atoms with Crippen molar-refractivity contribution in [3.8, 4) is 17.2 Å². The van der Waals surface area contributed by atoms with Gasteiger partial charge in [0, 0.05) is 29.9 Å². The first kappa shape index (κ1) is 28.0. The minimum absolute atomic E-state index is 0.00948. The number of ether oxygens (including phenoxy) is 1. The van der Waals surface area contributed by atoms with Gasteiger partial charge in [0.1, 0.15) is 45.5 Å². The van der Waals surface area contributed by atoms with Crippen LogP contribution in [0.25, 0.3) is 6.08 Å². The molecular weight excluding hydrogens is 476 g/mol. The van der Waals surface area contributed by atoms with E-state index in [1.54, 1.807) is 53.7 Å². The fourth-order valence-electron chi connectivity index (χ4n) is 4.55. The van der Waals surface area contributed by atoms with E-state index in [4.69, 9.17) is 4.74 Å². The predicted molar refractivity (Wildman–Crippen MR) is 139 cm³/mol. The Morgan fingerprint density at radius 1 is 0.973 bits per heavy atom. The highest BCUT2D eigenvalue weighted by Crippen LogP contribution is 2.50. The Bertz CT molecular complexity index is 1290. The largest absolute Gasteiger partial charge is 0.511 e. The number of carbonyl (C=O) groups excluding carboxylic acids is 3. The first-order valence-corrected chi connectivity index (χ1v) is 12.4. The molecule has 1 aliphatic carbocycles. The molecule has 0 radical (unpaired) electrons. The summed E-state index contributed by atoms with van der Waals surface area (Å²) in [6.45, 7) is 13.3. The molecule has 0 unspecified atom stereocenters. The minimum Gasteiger partial charge on any atom is -0.511 e. The lowest BCUT2D eigenvalue weighted by molar-refractivity contribution is -0.127. The van der Waals surface area contributed by atoms with Crippen molar-refractivity contribution in [2.75, 3.05) is 0 Å². The number of fused-ring (bicyclic) bond motifs is 1. The summed E-state index contributed by atoms with van der Waals surface area (Å²) in [4.78, 5) is 39.2. The van der Waals surface area contributed by atoms with Crippen LogP contribution in [0, 0.1) is 17.3 Å². The molecule has 0 saturated carbocycles. The topological polar surface area (TPSA) is 141 Å². The maximum atomic E-state index is 13.2. The van der Waals surface area contributed by atoms with Gasteiger partial charge in [0.15, 0.2) is 17.3 Å². The number of benzene rings is 1. The quantitative estimate of drug-likeness (QED) is 0.277. The number of rotatable bonds is 7. The van der Waals surface area contributed by atoms with Crippen LogP contribution in [0.15, 0.2) is 28.7 Å². The van der Waals surface area contributed by atoms with Crippen molar-refractivity contribution in [1.82, 2.24) is 0 Å². The van der Waals surface area contributed by atoms with E-state index in [2.05, 4.69) is 0 Å². The van der Waals surface area contributed by atoms with Gasteiger partial charge in [0.05, 0.1) is 11.0 Å². The number of aliphatic hydroxyl groups excluding tert-OH is 2. The molecule has 0 aromatic heterocycles. The number of phenolic OH excluding ortho intramolecular Hbond substituents is 2. The van der Waals surface area contributed by atoms with Gasteiger partial charge in [-0.05, 0) is 45.8 Å². The number of Topliss-reactive ketones (excluding diaryl/α,β-unsaturated/α-hetero) is 3. The number of hydrogen-bond acceptors (Lipinski definition) is 8. The molecule has 0 spiro atoms. The lowest BCUT2D eigenvalue weighted by Crippen LogP contribution is -2.37. The maximum absolute atomic E-state index is 13.2. The molecular formula is C29H36O8. The standard InChI is InChI=1S/C29H36O8/c1-13(2)11-18(30)19-24(34)17(26(35)29(7,8)27(19)36)12-16-22(32)15-9-10-28(5,6)37-25(15)20(23(16)33)21(31)14(3)4/h9-10,13-14,32-35H,11-12H2,1-8H3. The van der Waals surface area contributed by atoms with E-state index in [1.807, 2.05) is 0 Å². The Balaban J connectivity index is 2.29. The Morgan fingerprint density at radius 2 is 1.57 bits per heavy atom. The van der Waals surface area contributed by atoms with Gasteiger partial charge in [-0.2, -0.15) is 0 Å². The summed E-state index contributed by atoms with van der Waals surface area (Å²) in [6, 6.07) is 0. The summed E-state index contributed by atoms with van der Waals surface area (Å²) in [5, 5.41) is 44.5. The fraction of sp³-hybridized carbons (Fsp3) is 0.483. The molecule has 1 aromatic carbocycles. The third kappa shape index (κ3) is 4.77. The average Bonchev–Trinajstić information content (AvgIpc) is 2.76. The van der Waals surface area contributed by atoms with Gasteiger partial charge in [-0.25, -0.2) is 0 Å². The lowest BCUT2D eigenvalue weighted by Gasteiger charge is -2.33. The highest BCUT2D eigenvalue weighted by Gasteiger charge is 2.46. The van der Waals surface area contributed by atoms with Gasteiger partial charge in [-0.3, -0.25) is 14.4 Å². The van der Waals surface area contributed by atoms with E-state index < -0.39 is 69.3 Å². The Kier molecular flexibility index (Phi) is 7.12. The van der Waals surface area contributed by atoms with Crippen LogP contribution in [-0.2, 0) is 16.0 Å². The van der Waals surface area contributed by atoms with Gasteiger partial charge in [-0.1, -0.05) is 27.7 Å². The molecule has 1 aromatic rings. The zero-order chi connectivity index (χ0) is 28.2. The summed E-state index contributed by atoms with van der Waals surface area (Å²) in [7, 11) is 0. The van der Waals surface area contributed by atoms with Crippen molar-refractivity contribution >= 4 is 23.4 Å². The van der Waals surface area contributed by atoms with E-state index in [0.29, 0.717) is 0 Å². The fourth-order valence-corrected chi connectivity index (χ4v) is 4.55. The van der Waals surface area contributed by atoms with Crippen LogP contribution < -0.4 is 4.74 Å². The van der Waals surface area contributed by atoms with E-state index in [0.717, 1.165) is 0 Å². The van der Waals surface area contributed by atoms with Crippen LogP contribution in [0.2, 0.25) is 0 Å². The number of aromatic hydroxyl groups is 2. The minimum atomic E-state index is -1.54. The number of hydrogen-bond donors (Lipinski definition) is 4. The zero-order valence-corrected chi connectivity index (χ0v) is 22.6. The van der Waals surface area contributed by atoms with E-state index in [1.165, 1.54) is 13.8 Å². The third-order valence-electron chi connectivity index (χ3n) is 6.74. The van der Waals surface area contributed by atoms with Crippen LogP contribution >= 0.6 is 0 Å². The van der Waals surface area contributed by atoms with Crippen LogP contribution in [0.1, 0.15) is 83.3 Å². The molecule has 8 nitrogen and oxygen atoms in total. The smallest absolute Gasteiger partial charge is 0.183 e. The summed E-state index contributed by atoms with van der Waals surface area (Å²) in [5.74, 6) is -4.42. The highest BCUT2D eigenvalue weighted by atomic mass is 16.5. The number of ketones is 3. The van der Waals surface area contributed by atoms with E-state index >= 15 is 0 Å². The van der Waals surface area contributed by atoms with Crippen molar-refractivity contribution < 1.29 is 39.5 Å². The molecule has 0 amide bonds. The van der Waals surface area contributed by atoms with Gasteiger partial charge in [0.2, 0.25) is 0 Å². The average molecular weight is 513 g/mol. The second-order valence-corrected chi connectivity index (χ2v) is 11.6. The van der Waals surface area contributed by atoms with Crippen molar-refractivity contribution in [2.24, 2.45) is 17.3 Å². The van der Waals surface area contributed by atoms with Crippen molar-refractivity contribution in [1.29, 1.82) is 0 Å². The monoisotopic (exact) mass is 512 g/mol. The summed E-state index contributed by atoms with van der Waals surface area (Å²) in [6.07, 6.45) is 2.84. The molecule has 8 heteroatoms. The summed E-state index contributed by atoms with van der Waals surface area (Å²) >= 11 is 0. The van der Waals surface area contributed by atoms with E-state index in [-0.39, 0.29) is 40.4 Å². The maximum Gasteiger partial charge on any atom is 0.183 e. The number of phenols is 2. The first-order chi connectivity index (χ1) is 16.9. The second-order valence-electron chi connectivity index (χ2n) is 11.6. The first-order valence-electron chi connectivity index (χ1n) is 12.4. The molecule has 1 heterocycles. The summed E-state index contributed by atoms with van der Waals surface area (Å²) in [5.41, 5.74) is -3.06. The molecule has 0 atom stereocenters. The van der Waals surface area contributed by atoms with Crippen LogP contribution in [0.5, 0.6) is 17.2 Å². The second kappa shape index (κ2) is 9.39. The highest BCUT2D eigenvalue weighted by molar-refractivity contribution is 6.24. The third-order valence-corrected chi connectivity index (χ3v) is 6.74. The molecule has 1 aliphatic heterocycles. The van der Waals surface area contributed by atoms with Crippen molar-refractivity contribution in [2.45, 2.75) is 73.8 Å². The number of carbonyl (C=O) groups is 3. The predicted octanol–water partition coefficient (Wildman–Crippen LogP) is 5.51. The normalized spacial score (nSPS) is 18.4. The van der Waals surface area contributed by atoms with Crippen LogP contribution in [0.3, 0.4) is 0 Å². The van der Waals surface area contributed by atoms with E-state index in [9.17, 15) is 34.8 Å². The molecule has 0 saturated heterocycles. The SMILES string of the molecule is CC(C)CC(=O)C1=C(O)C(Cc2c(O)c3c(c(C(=O)C(C)C)c2O)OC(C)(C)C=C3)=C(O)C(C)(C)C1=O. The lowest BCUT2D eigenvalue weighted by atomic mass is 9.72. The Labute approximate surface area is 217 Å². The number of allylic oxidation sites excluding steroid dienone is 3. The molecule has 37 heavy (non-hydrogen) atoms. The molecule has 4 N–H and O–H groups in total.